The molecule has 4 heteroatoms. The summed E-state index contributed by atoms with van der Waals surface area (Å²) in [6.45, 7) is 0.119. The monoisotopic (exact) mass is 170 g/mol. The molecule has 0 aromatic carbocycles. The van der Waals surface area contributed by atoms with Gasteiger partial charge in [-0.1, -0.05) is 0 Å². The first-order valence-electron chi connectivity index (χ1n) is 3.98. The number of hydrogen-bond acceptors (Lipinski definition) is 3. The molecular weight excluding hydrogens is 156 g/mol. The highest BCUT2D eigenvalue weighted by Crippen LogP contribution is 2.07. The van der Waals surface area contributed by atoms with Crippen molar-refractivity contribution < 1.29 is 10.2 Å². The van der Waals surface area contributed by atoms with Crippen LogP contribution in [0.5, 0.6) is 0 Å². The van der Waals surface area contributed by atoms with Gasteiger partial charge in [-0.05, 0) is 12.5 Å². The summed E-state index contributed by atoms with van der Waals surface area (Å²) in [6, 6.07) is 1.81. The van der Waals surface area contributed by atoms with E-state index in [2.05, 4.69) is 10.3 Å². The van der Waals surface area contributed by atoms with E-state index in [4.69, 9.17) is 10.2 Å². The largest absolute Gasteiger partial charge is 0.396 e. The van der Waals surface area contributed by atoms with Gasteiger partial charge in [-0.15, -0.1) is 0 Å². The highest BCUT2D eigenvalue weighted by molar-refractivity contribution is 5.41. The summed E-state index contributed by atoms with van der Waals surface area (Å²) in [5.74, 6) is 0. The van der Waals surface area contributed by atoms with E-state index in [0.717, 1.165) is 5.69 Å². The molecule has 1 aromatic rings. The van der Waals surface area contributed by atoms with E-state index in [1.54, 1.807) is 12.4 Å². The Morgan fingerprint density at radius 3 is 2.83 bits per heavy atom. The van der Waals surface area contributed by atoms with E-state index in [9.17, 15) is 0 Å². The normalized spacial score (nSPS) is 12.8. The van der Waals surface area contributed by atoms with Gasteiger partial charge in [0.25, 0.3) is 0 Å². The van der Waals surface area contributed by atoms with Gasteiger partial charge >= 0.3 is 0 Å². The summed E-state index contributed by atoms with van der Waals surface area (Å²) in [5, 5.41) is 20.6. The summed E-state index contributed by atoms with van der Waals surface area (Å²) in [7, 11) is 0. The molecule has 1 heterocycles. The third kappa shape index (κ3) is 2.56. The molecule has 12 heavy (non-hydrogen) atoms. The third-order valence-corrected chi connectivity index (χ3v) is 1.67. The minimum absolute atomic E-state index is 0.0335. The quantitative estimate of drug-likeness (QED) is 0.509. The molecule has 1 atom stereocenters. The number of rotatable bonds is 5. The Morgan fingerprint density at radius 2 is 2.33 bits per heavy atom. The number of H-pyrrole nitrogens is 1. The first-order chi connectivity index (χ1) is 5.86. The number of aliphatic hydroxyl groups is 2. The van der Waals surface area contributed by atoms with Crippen molar-refractivity contribution in [2.75, 3.05) is 18.5 Å². The molecule has 0 spiro atoms. The van der Waals surface area contributed by atoms with Crippen molar-refractivity contribution in [1.29, 1.82) is 0 Å². The lowest BCUT2D eigenvalue weighted by molar-refractivity contribution is 0.229. The summed E-state index contributed by atoms with van der Waals surface area (Å²) in [6.07, 6.45) is 4.16. The molecule has 0 saturated carbocycles. The molecule has 0 fully saturated rings. The summed E-state index contributed by atoms with van der Waals surface area (Å²) >= 11 is 0. The van der Waals surface area contributed by atoms with Gasteiger partial charge in [0.05, 0.1) is 18.3 Å². The molecule has 0 aliphatic heterocycles. The van der Waals surface area contributed by atoms with Crippen molar-refractivity contribution in [2.45, 2.75) is 12.5 Å². The Bertz CT molecular complexity index is 199. The molecule has 1 rings (SSSR count). The fourth-order valence-corrected chi connectivity index (χ4v) is 1.01. The highest BCUT2D eigenvalue weighted by atomic mass is 16.3. The number of aromatic nitrogens is 1. The van der Waals surface area contributed by atoms with E-state index in [-0.39, 0.29) is 19.3 Å². The van der Waals surface area contributed by atoms with E-state index < -0.39 is 0 Å². The van der Waals surface area contributed by atoms with Crippen LogP contribution in [-0.2, 0) is 0 Å². The fourth-order valence-electron chi connectivity index (χ4n) is 1.01. The van der Waals surface area contributed by atoms with E-state index in [1.807, 2.05) is 6.07 Å². The standard InChI is InChI=1S/C8H14N2O2/c11-4-2-8(6-12)10-7-1-3-9-5-7/h1,3,5,8-12H,2,4,6H2. The zero-order valence-corrected chi connectivity index (χ0v) is 6.83. The van der Waals surface area contributed by atoms with E-state index >= 15 is 0 Å². The topological polar surface area (TPSA) is 68.3 Å². The van der Waals surface area contributed by atoms with Crippen LogP contribution in [0, 0.1) is 0 Å². The van der Waals surface area contributed by atoms with Crippen molar-refractivity contribution >= 4 is 5.69 Å². The second kappa shape index (κ2) is 4.79. The first-order valence-corrected chi connectivity index (χ1v) is 3.98. The van der Waals surface area contributed by atoms with Crippen molar-refractivity contribution in [3.63, 3.8) is 0 Å². The minimum Gasteiger partial charge on any atom is -0.396 e. The molecule has 68 valence electrons. The van der Waals surface area contributed by atoms with Gasteiger partial charge in [-0.3, -0.25) is 0 Å². The van der Waals surface area contributed by atoms with Crippen LogP contribution in [0.15, 0.2) is 18.5 Å². The van der Waals surface area contributed by atoms with Crippen molar-refractivity contribution in [3.05, 3.63) is 18.5 Å². The molecule has 4 nitrogen and oxygen atoms in total. The number of nitrogens with one attached hydrogen (secondary N) is 2. The smallest absolute Gasteiger partial charge is 0.0633 e. The molecule has 0 aliphatic rings. The Labute approximate surface area is 71.2 Å². The Hall–Kier alpha value is -1.00. The maximum Gasteiger partial charge on any atom is 0.0633 e. The summed E-state index contributed by atoms with van der Waals surface area (Å²) in [5.41, 5.74) is 0.933. The maximum atomic E-state index is 8.87. The summed E-state index contributed by atoms with van der Waals surface area (Å²) < 4.78 is 0. The second-order valence-corrected chi connectivity index (χ2v) is 2.64. The van der Waals surface area contributed by atoms with Crippen molar-refractivity contribution in [2.24, 2.45) is 0 Å². The van der Waals surface area contributed by atoms with Gasteiger partial charge in [0.15, 0.2) is 0 Å². The average molecular weight is 170 g/mol. The lowest BCUT2D eigenvalue weighted by Crippen LogP contribution is -2.24. The predicted octanol–water partition coefficient (Wildman–Crippen LogP) is 0.170. The lowest BCUT2D eigenvalue weighted by atomic mass is 10.2. The van der Waals surface area contributed by atoms with Crippen LogP contribution in [0.4, 0.5) is 5.69 Å². The van der Waals surface area contributed by atoms with E-state index in [0.29, 0.717) is 6.42 Å². The van der Waals surface area contributed by atoms with Crippen LogP contribution in [-0.4, -0.2) is 34.5 Å². The highest BCUT2D eigenvalue weighted by Gasteiger charge is 2.05. The van der Waals surface area contributed by atoms with Gasteiger partial charge in [0.1, 0.15) is 0 Å². The zero-order valence-electron chi connectivity index (χ0n) is 6.83. The minimum atomic E-state index is -0.0641. The average Bonchev–Trinajstić information content (AvgIpc) is 2.56. The Morgan fingerprint density at radius 1 is 1.50 bits per heavy atom. The first kappa shape index (κ1) is 9.09. The molecular formula is C8H14N2O2. The predicted molar refractivity (Wildman–Crippen MR) is 47.0 cm³/mol. The number of anilines is 1. The van der Waals surface area contributed by atoms with E-state index in [1.165, 1.54) is 0 Å². The Balaban J connectivity index is 2.37. The summed E-state index contributed by atoms with van der Waals surface area (Å²) in [4.78, 5) is 2.89. The Kier molecular flexibility index (Phi) is 3.63. The molecule has 4 N–H and O–H groups in total. The van der Waals surface area contributed by atoms with Gasteiger partial charge in [0.2, 0.25) is 0 Å². The fraction of sp³-hybridized carbons (Fsp3) is 0.500. The van der Waals surface area contributed by atoms with Crippen molar-refractivity contribution in [1.82, 2.24) is 4.98 Å². The van der Waals surface area contributed by atoms with Gasteiger partial charge in [-0.2, -0.15) is 0 Å². The molecule has 0 radical (unpaired) electrons. The van der Waals surface area contributed by atoms with Crippen LogP contribution >= 0.6 is 0 Å². The van der Waals surface area contributed by atoms with Crippen LogP contribution in [0.1, 0.15) is 6.42 Å². The maximum absolute atomic E-state index is 8.87. The zero-order chi connectivity index (χ0) is 8.81. The lowest BCUT2D eigenvalue weighted by Gasteiger charge is -2.14. The third-order valence-electron chi connectivity index (χ3n) is 1.67. The molecule has 0 amide bonds. The number of aliphatic hydroxyl groups excluding tert-OH is 2. The number of aromatic amines is 1. The number of hydrogen-bond donors (Lipinski definition) is 4. The molecule has 0 saturated heterocycles. The molecule has 0 bridgehead atoms. The van der Waals surface area contributed by atoms with Crippen LogP contribution in [0.2, 0.25) is 0 Å². The van der Waals surface area contributed by atoms with Crippen LogP contribution < -0.4 is 5.32 Å². The second-order valence-electron chi connectivity index (χ2n) is 2.64. The van der Waals surface area contributed by atoms with Crippen molar-refractivity contribution in [3.8, 4) is 0 Å². The molecule has 1 unspecified atom stereocenters. The SMILES string of the molecule is OCCC(CO)Nc1cc[nH]c1. The van der Waals surface area contributed by atoms with Crippen LogP contribution in [0.25, 0.3) is 0 Å². The van der Waals surface area contributed by atoms with Crippen LogP contribution in [0.3, 0.4) is 0 Å². The van der Waals surface area contributed by atoms with Gasteiger partial charge < -0.3 is 20.5 Å². The van der Waals surface area contributed by atoms with Gasteiger partial charge in [0, 0.05) is 19.0 Å². The van der Waals surface area contributed by atoms with Gasteiger partial charge in [-0.25, -0.2) is 0 Å². The molecule has 0 aliphatic carbocycles. The molecule has 1 aromatic heterocycles.